The van der Waals surface area contributed by atoms with Gasteiger partial charge in [-0.15, -0.1) is 0 Å². The molecule has 0 aliphatic carbocycles. The van der Waals surface area contributed by atoms with Gasteiger partial charge in [-0.25, -0.2) is 4.98 Å². The number of likely N-dealkylation sites (tertiary alicyclic amines) is 1. The molecule has 7 heteroatoms. The highest BCUT2D eigenvalue weighted by Gasteiger charge is 2.26. The molecule has 0 saturated carbocycles. The third-order valence-corrected chi connectivity index (χ3v) is 5.72. The fourth-order valence-corrected chi connectivity index (χ4v) is 4.07. The van der Waals surface area contributed by atoms with Crippen molar-refractivity contribution in [3.8, 4) is 0 Å². The lowest BCUT2D eigenvalue weighted by Gasteiger charge is -2.34. The molecule has 142 valence electrons. The number of amides is 1. The first kappa shape index (κ1) is 18.6. The number of aryl methyl sites for hydroxylation is 3. The number of aromatic nitrogens is 3. The van der Waals surface area contributed by atoms with Crippen LogP contribution < -0.4 is 11.3 Å². The molecular formula is C19H29N5O2. The Morgan fingerprint density at radius 2 is 2.15 bits per heavy atom. The summed E-state index contributed by atoms with van der Waals surface area (Å²) in [7, 11) is 1.78. The maximum absolute atomic E-state index is 12.7. The van der Waals surface area contributed by atoms with E-state index in [2.05, 4.69) is 10.1 Å². The number of nitrogens with two attached hydrogens (primary N) is 1. The molecule has 1 fully saturated rings. The Bertz CT molecular complexity index is 880. The van der Waals surface area contributed by atoms with Gasteiger partial charge in [-0.05, 0) is 57.1 Å². The first-order valence-electron chi connectivity index (χ1n) is 9.37. The highest BCUT2D eigenvalue weighted by molar-refractivity contribution is 5.81. The van der Waals surface area contributed by atoms with Crippen LogP contribution in [0.2, 0.25) is 0 Å². The monoisotopic (exact) mass is 359 g/mol. The van der Waals surface area contributed by atoms with Gasteiger partial charge in [-0.3, -0.25) is 19.4 Å². The predicted molar refractivity (Wildman–Crippen MR) is 102 cm³/mol. The number of hydrogen-bond acceptors (Lipinski definition) is 4. The lowest BCUT2D eigenvalue weighted by molar-refractivity contribution is -0.133. The van der Waals surface area contributed by atoms with E-state index in [1.165, 1.54) is 0 Å². The van der Waals surface area contributed by atoms with E-state index in [1.807, 2.05) is 25.7 Å². The van der Waals surface area contributed by atoms with Crippen molar-refractivity contribution < 1.29 is 4.79 Å². The molecule has 2 aromatic heterocycles. The zero-order valence-corrected chi connectivity index (χ0v) is 16.1. The van der Waals surface area contributed by atoms with Crippen LogP contribution in [0.3, 0.4) is 0 Å². The van der Waals surface area contributed by atoms with Crippen molar-refractivity contribution in [2.24, 2.45) is 18.7 Å². The summed E-state index contributed by atoms with van der Waals surface area (Å²) in [4.78, 5) is 31.4. The van der Waals surface area contributed by atoms with Gasteiger partial charge in [0.1, 0.15) is 0 Å². The molecule has 3 heterocycles. The van der Waals surface area contributed by atoms with Crippen molar-refractivity contribution in [1.82, 2.24) is 19.7 Å². The second-order valence-corrected chi connectivity index (χ2v) is 7.60. The Hall–Kier alpha value is -2.15. The van der Waals surface area contributed by atoms with Crippen molar-refractivity contribution in [3.63, 3.8) is 0 Å². The van der Waals surface area contributed by atoms with Crippen LogP contribution in [-0.2, 0) is 18.3 Å². The molecule has 26 heavy (non-hydrogen) atoms. The predicted octanol–water partition coefficient (Wildman–Crippen LogP) is 1.40. The van der Waals surface area contributed by atoms with Gasteiger partial charge in [0.2, 0.25) is 5.91 Å². The second kappa shape index (κ2) is 7.23. The summed E-state index contributed by atoms with van der Waals surface area (Å²) in [5, 5.41) is 3.38. The van der Waals surface area contributed by atoms with Gasteiger partial charge in [0.05, 0.1) is 5.39 Å². The summed E-state index contributed by atoms with van der Waals surface area (Å²) < 4.78 is 1.65. The van der Waals surface area contributed by atoms with Crippen LogP contribution in [0.4, 0.5) is 0 Å². The fourth-order valence-electron chi connectivity index (χ4n) is 4.07. The number of nitrogens with one attached hydrogen (secondary N) is 1. The standard InChI is InChI=1S/C19H29N5O2/c1-11-15(13(3)21-18-17(11)19(26)22-23(18)4)7-8-16(25)24-9-5-6-14(10-24)12(2)20/h12,14H,5-10,20H2,1-4H3,(H,22,26). The van der Waals surface area contributed by atoms with Gasteiger partial charge in [0, 0.05) is 38.3 Å². The number of carbonyl (C=O) groups is 1. The number of carbonyl (C=O) groups excluding carboxylic acids is 1. The van der Waals surface area contributed by atoms with Gasteiger partial charge < -0.3 is 10.6 Å². The van der Waals surface area contributed by atoms with Crippen LogP contribution in [0.1, 0.15) is 43.0 Å². The highest BCUT2D eigenvalue weighted by atomic mass is 16.2. The molecule has 3 N–H and O–H groups in total. The van der Waals surface area contributed by atoms with Crippen molar-refractivity contribution in [3.05, 3.63) is 27.2 Å². The van der Waals surface area contributed by atoms with Crippen LogP contribution >= 0.6 is 0 Å². The van der Waals surface area contributed by atoms with Gasteiger partial charge in [-0.1, -0.05) is 0 Å². The molecule has 1 amide bonds. The largest absolute Gasteiger partial charge is 0.342 e. The summed E-state index contributed by atoms with van der Waals surface area (Å²) in [6.07, 6.45) is 3.15. The quantitative estimate of drug-likeness (QED) is 0.862. The van der Waals surface area contributed by atoms with Gasteiger partial charge in [-0.2, -0.15) is 0 Å². The van der Waals surface area contributed by atoms with E-state index in [-0.39, 0.29) is 17.5 Å². The van der Waals surface area contributed by atoms with Crippen LogP contribution in [0, 0.1) is 19.8 Å². The van der Waals surface area contributed by atoms with Gasteiger partial charge in [0.15, 0.2) is 5.65 Å². The molecular weight excluding hydrogens is 330 g/mol. The smallest absolute Gasteiger partial charge is 0.273 e. The Kier molecular flexibility index (Phi) is 5.18. The molecule has 0 radical (unpaired) electrons. The number of H-pyrrole nitrogens is 1. The van der Waals surface area contributed by atoms with Crippen LogP contribution in [0.5, 0.6) is 0 Å². The maximum atomic E-state index is 12.7. The molecule has 1 aliphatic rings. The van der Waals surface area contributed by atoms with E-state index >= 15 is 0 Å². The third kappa shape index (κ3) is 3.40. The van der Waals surface area contributed by atoms with Crippen LogP contribution in [0.15, 0.2) is 4.79 Å². The van der Waals surface area contributed by atoms with E-state index in [1.54, 1.807) is 11.7 Å². The maximum Gasteiger partial charge on any atom is 0.273 e. The highest BCUT2D eigenvalue weighted by Crippen LogP contribution is 2.23. The molecule has 2 aromatic rings. The number of nitrogens with zero attached hydrogens (tertiary/aromatic N) is 3. The van der Waals surface area contributed by atoms with E-state index in [4.69, 9.17) is 5.73 Å². The molecule has 3 rings (SSSR count). The molecule has 1 aliphatic heterocycles. The van der Waals surface area contributed by atoms with Crippen molar-refractivity contribution in [2.75, 3.05) is 13.1 Å². The van der Waals surface area contributed by atoms with Crippen LogP contribution in [0.25, 0.3) is 11.0 Å². The number of piperidine rings is 1. The normalized spacial score (nSPS) is 19.1. The Morgan fingerprint density at radius 3 is 2.85 bits per heavy atom. The molecule has 1 saturated heterocycles. The van der Waals surface area contributed by atoms with Crippen molar-refractivity contribution in [2.45, 2.75) is 52.5 Å². The van der Waals surface area contributed by atoms with Crippen molar-refractivity contribution in [1.29, 1.82) is 0 Å². The van der Waals surface area contributed by atoms with Gasteiger partial charge in [0.25, 0.3) is 5.56 Å². The Balaban J connectivity index is 1.76. The fraction of sp³-hybridized carbons (Fsp3) is 0.632. The average Bonchev–Trinajstić information content (AvgIpc) is 2.88. The number of hydrogen-bond donors (Lipinski definition) is 2. The lowest BCUT2D eigenvalue weighted by atomic mass is 9.91. The zero-order valence-electron chi connectivity index (χ0n) is 16.1. The minimum Gasteiger partial charge on any atom is -0.342 e. The van der Waals surface area contributed by atoms with Gasteiger partial charge >= 0.3 is 0 Å². The SMILES string of the molecule is Cc1nc2c(c(C)c1CCC(=O)N1CCCC(C(C)N)C1)c(=O)[nH]n2C. The Labute approximate surface area is 153 Å². The molecule has 0 spiro atoms. The van der Waals surface area contributed by atoms with E-state index in [0.717, 1.165) is 42.8 Å². The molecule has 2 atom stereocenters. The summed E-state index contributed by atoms with van der Waals surface area (Å²) in [5.74, 6) is 0.549. The van der Waals surface area contributed by atoms with E-state index in [9.17, 15) is 9.59 Å². The molecule has 2 unspecified atom stereocenters. The first-order valence-corrected chi connectivity index (χ1v) is 9.37. The summed E-state index contributed by atoms with van der Waals surface area (Å²) in [5.41, 5.74) is 9.36. The third-order valence-electron chi connectivity index (χ3n) is 5.72. The van der Waals surface area contributed by atoms with Crippen molar-refractivity contribution >= 4 is 16.9 Å². The Morgan fingerprint density at radius 1 is 1.42 bits per heavy atom. The van der Waals surface area contributed by atoms with Crippen LogP contribution in [-0.4, -0.2) is 44.7 Å². The molecule has 0 aromatic carbocycles. The first-order chi connectivity index (χ1) is 12.3. The minimum atomic E-state index is -0.129. The number of aromatic amines is 1. The summed E-state index contributed by atoms with van der Waals surface area (Å²) >= 11 is 0. The number of pyridine rings is 1. The number of fused-ring (bicyclic) bond motifs is 1. The average molecular weight is 359 g/mol. The summed E-state index contributed by atoms with van der Waals surface area (Å²) in [6.45, 7) is 7.47. The summed E-state index contributed by atoms with van der Waals surface area (Å²) in [6, 6.07) is 0.117. The second-order valence-electron chi connectivity index (χ2n) is 7.60. The zero-order chi connectivity index (χ0) is 19.0. The topological polar surface area (TPSA) is 97.0 Å². The lowest BCUT2D eigenvalue weighted by Crippen LogP contribution is -2.45. The molecule has 7 nitrogen and oxygen atoms in total. The number of rotatable bonds is 4. The molecule has 0 bridgehead atoms. The van der Waals surface area contributed by atoms with E-state index in [0.29, 0.717) is 29.8 Å². The minimum absolute atomic E-state index is 0.117. The van der Waals surface area contributed by atoms with E-state index < -0.39 is 0 Å².